The SMILES string of the molecule is O=C(CCl)OC1C[C@@H](n2cc(/C=C/Br)c(=O)[nH]c2=O)O[C@H]1CO. The molecule has 0 saturated carbocycles. The van der Waals surface area contributed by atoms with Crippen LogP contribution in [0.25, 0.3) is 6.08 Å². The van der Waals surface area contributed by atoms with Gasteiger partial charge in [-0.05, 0) is 11.1 Å². The molecule has 126 valence electrons. The molecule has 1 unspecified atom stereocenters. The number of alkyl halides is 1. The molecule has 1 aliphatic heterocycles. The van der Waals surface area contributed by atoms with E-state index < -0.39 is 35.7 Å². The minimum atomic E-state index is -0.785. The average Bonchev–Trinajstić information content (AvgIpc) is 2.92. The fraction of sp³-hybridized carbons (Fsp3) is 0.462. The maximum Gasteiger partial charge on any atom is 0.330 e. The van der Waals surface area contributed by atoms with Gasteiger partial charge in [-0.3, -0.25) is 19.1 Å². The van der Waals surface area contributed by atoms with Crippen LogP contribution in [-0.4, -0.2) is 45.3 Å². The Balaban J connectivity index is 2.29. The van der Waals surface area contributed by atoms with Crippen LogP contribution in [0.4, 0.5) is 0 Å². The van der Waals surface area contributed by atoms with Gasteiger partial charge in [0.2, 0.25) is 0 Å². The highest BCUT2D eigenvalue weighted by atomic mass is 79.9. The summed E-state index contributed by atoms with van der Waals surface area (Å²) < 4.78 is 11.8. The number of nitrogens with one attached hydrogen (secondary N) is 1. The number of aromatic nitrogens is 2. The Kier molecular flexibility index (Phi) is 6.17. The van der Waals surface area contributed by atoms with Gasteiger partial charge in [0.1, 0.15) is 24.3 Å². The molecule has 8 nitrogen and oxygen atoms in total. The van der Waals surface area contributed by atoms with Crippen LogP contribution in [0.3, 0.4) is 0 Å². The summed E-state index contributed by atoms with van der Waals surface area (Å²) in [6.07, 6.45) is 0.665. The third kappa shape index (κ3) is 4.11. The highest BCUT2D eigenvalue weighted by Crippen LogP contribution is 2.29. The van der Waals surface area contributed by atoms with Gasteiger partial charge in [-0.25, -0.2) is 4.79 Å². The summed E-state index contributed by atoms with van der Waals surface area (Å²) in [7, 11) is 0. The Hall–Kier alpha value is -1.42. The number of rotatable bonds is 5. The number of esters is 1. The van der Waals surface area contributed by atoms with Gasteiger partial charge in [-0.2, -0.15) is 0 Å². The van der Waals surface area contributed by atoms with E-state index in [9.17, 15) is 19.5 Å². The summed E-state index contributed by atoms with van der Waals surface area (Å²) in [5.41, 5.74) is -0.955. The van der Waals surface area contributed by atoms with Crippen LogP contribution < -0.4 is 11.2 Å². The molecule has 0 aliphatic carbocycles. The van der Waals surface area contributed by atoms with E-state index in [1.54, 1.807) is 0 Å². The third-order valence-corrected chi connectivity index (χ3v) is 3.78. The van der Waals surface area contributed by atoms with Crippen LogP contribution in [0.15, 0.2) is 20.8 Å². The molecule has 1 fully saturated rings. The summed E-state index contributed by atoms with van der Waals surface area (Å²) in [5, 5.41) is 9.33. The zero-order chi connectivity index (χ0) is 17.0. The first-order valence-electron chi connectivity index (χ1n) is 6.64. The van der Waals surface area contributed by atoms with Crippen molar-refractivity contribution in [1.82, 2.24) is 9.55 Å². The molecule has 0 radical (unpaired) electrons. The van der Waals surface area contributed by atoms with Gasteiger partial charge in [0.05, 0.1) is 12.2 Å². The fourth-order valence-electron chi connectivity index (χ4n) is 2.26. The van der Waals surface area contributed by atoms with E-state index in [4.69, 9.17) is 21.1 Å². The second-order valence-corrected chi connectivity index (χ2v) is 5.55. The van der Waals surface area contributed by atoms with E-state index in [1.165, 1.54) is 21.8 Å². The number of carbonyl (C=O) groups excluding carboxylic acids is 1. The smallest absolute Gasteiger partial charge is 0.330 e. The molecule has 3 atom stereocenters. The summed E-state index contributed by atoms with van der Waals surface area (Å²) in [6, 6.07) is 0. The molecule has 2 rings (SSSR count). The minimum absolute atomic E-state index is 0.150. The number of ether oxygens (including phenoxy) is 2. The molecule has 1 aromatic heterocycles. The van der Waals surface area contributed by atoms with Gasteiger partial charge in [0, 0.05) is 12.6 Å². The van der Waals surface area contributed by atoms with E-state index in [0.29, 0.717) is 0 Å². The molecular formula is C13H14BrClN2O6. The molecule has 0 aromatic carbocycles. The van der Waals surface area contributed by atoms with Crippen LogP contribution >= 0.6 is 27.5 Å². The van der Waals surface area contributed by atoms with Crippen molar-refractivity contribution in [1.29, 1.82) is 0 Å². The molecule has 1 aromatic rings. The number of H-pyrrole nitrogens is 1. The van der Waals surface area contributed by atoms with E-state index in [-0.39, 0.29) is 24.5 Å². The Bertz CT molecular complexity index is 715. The lowest BCUT2D eigenvalue weighted by Crippen LogP contribution is -2.33. The molecule has 2 heterocycles. The first-order valence-corrected chi connectivity index (χ1v) is 8.09. The van der Waals surface area contributed by atoms with Gasteiger partial charge >= 0.3 is 11.7 Å². The molecular weight excluding hydrogens is 396 g/mol. The molecule has 2 N–H and O–H groups in total. The Morgan fingerprint density at radius 3 is 2.96 bits per heavy atom. The van der Waals surface area contributed by atoms with Gasteiger partial charge in [-0.15, -0.1) is 11.6 Å². The highest BCUT2D eigenvalue weighted by molar-refractivity contribution is 9.11. The van der Waals surface area contributed by atoms with E-state index >= 15 is 0 Å². The first kappa shape index (κ1) is 17.9. The number of aliphatic hydroxyl groups excluding tert-OH is 1. The molecule has 0 amide bonds. The zero-order valence-electron chi connectivity index (χ0n) is 11.8. The van der Waals surface area contributed by atoms with Gasteiger partial charge in [-0.1, -0.05) is 15.9 Å². The molecule has 0 spiro atoms. The number of nitrogens with zero attached hydrogens (tertiary/aromatic N) is 1. The van der Waals surface area contributed by atoms with E-state index in [1.807, 2.05) is 0 Å². The van der Waals surface area contributed by atoms with Gasteiger partial charge < -0.3 is 14.6 Å². The lowest BCUT2D eigenvalue weighted by molar-refractivity contribution is -0.150. The van der Waals surface area contributed by atoms with Crippen LogP contribution in [0.2, 0.25) is 0 Å². The van der Waals surface area contributed by atoms with E-state index in [2.05, 4.69) is 20.9 Å². The average molecular weight is 410 g/mol. The molecule has 1 saturated heterocycles. The Morgan fingerprint density at radius 2 is 2.35 bits per heavy atom. The second-order valence-electron chi connectivity index (χ2n) is 4.75. The number of halogens is 2. The van der Waals surface area contributed by atoms with Crippen LogP contribution in [-0.2, 0) is 14.3 Å². The van der Waals surface area contributed by atoms with E-state index in [0.717, 1.165) is 0 Å². The van der Waals surface area contributed by atoms with Crippen LogP contribution in [0.5, 0.6) is 0 Å². The Labute approximate surface area is 143 Å². The summed E-state index contributed by atoms with van der Waals surface area (Å²) in [6.45, 7) is -0.386. The van der Waals surface area contributed by atoms with Crippen molar-refractivity contribution >= 4 is 39.6 Å². The fourth-order valence-corrected chi connectivity index (χ4v) is 2.61. The number of carbonyl (C=O) groups is 1. The van der Waals surface area contributed by atoms with Crippen LogP contribution in [0, 0.1) is 0 Å². The standard InChI is InChI=1S/C13H14BrClN2O6/c14-2-1-7-5-17(13(21)16-12(7)20)10-3-8(9(6-18)22-10)23-11(19)4-15/h1-2,5,8-10,18H,3-4,6H2,(H,16,20,21)/b2-1+/t8?,9-,10-/m0/s1. The lowest BCUT2D eigenvalue weighted by Gasteiger charge is -2.15. The van der Waals surface area contributed by atoms with Crippen molar-refractivity contribution in [2.75, 3.05) is 12.5 Å². The minimum Gasteiger partial charge on any atom is -0.458 e. The first-order chi connectivity index (χ1) is 11.0. The summed E-state index contributed by atoms with van der Waals surface area (Å²) >= 11 is 8.45. The monoisotopic (exact) mass is 408 g/mol. The van der Waals surface area contributed by atoms with Gasteiger partial charge in [0.15, 0.2) is 0 Å². The largest absolute Gasteiger partial charge is 0.458 e. The predicted octanol–water partition coefficient (Wildman–Crippen LogP) is 0.333. The van der Waals surface area contributed by atoms with Crippen molar-refractivity contribution in [3.8, 4) is 0 Å². The third-order valence-electron chi connectivity index (χ3n) is 3.30. The molecule has 1 aliphatic rings. The van der Waals surface area contributed by atoms with Crippen molar-refractivity contribution in [3.05, 3.63) is 37.6 Å². The van der Waals surface area contributed by atoms with Crippen molar-refractivity contribution in [3.63, 3.8) is 0 Å². The van der Waals surface area contributed by atoms with Gasteiger partial charge in [0.25, 0.3) is 5.56 Å². The summed E-state index contributed by atoms with van der Waals surface area (Å²) in [5.74, 6) is -0.964. The summed E-state index contributed by atoms with van der Waals surface area (Å²) in [4.78, 5) is 38.6. The Morgan fingerprint density at radius 1 is 1.61 bits per heavy atom. The topological polar surface area (TPSA) is 111 Å². The van der Waals surface area contributed by atoms with Crippen molar-refractivity contribution in [2.45, 2.75) is 24.9 Å². The number of hydrogen-bond acceptors (Lipinski definition) is 6. The molecule has 0 bridgehead atoms. The molecule has 23 heavy (non-hydrogen) atoms. The number of aromatic amines is 1. The molecule has 10 heteroatoms. The predicted molar refractivity (Wildman–Crippen MR) is 85.5 cm³/mol. The normalized spacial score (nSPS) is 24.2. The lowest BCUT2D eigenvalue weighted by atomic mass is 10.2. The number of aliphatic hydroxyl groups is 1. The maximum absolute atomic E-state index is 12.0. The maximum atomic E-state index is 12.0. The highest BCUT2D eigenvalue weighted by Gasteiger charge is 2.38. The van der Waals surface area contributed by atoms with Crippen LogP contribution in [0.1, 0.15) is 18.2 Å². The van der Waals surface area contributed by atoms with Crippen molar-refractivity contribution < 1.29 is 19.4 Å². The second kappa shape index (κ2) is 7.91. The zero-order valence-corrected chi connectivity index (χ0v) is 14.1. The quantitative estimate of drug-likeness (QED) is 0.536. The van der Waals surface area contributed by atoms with Crippen molar-refractivity contribution in [2.24, 2.45) is 0 Å². The number of hydrogen-bond donors (Lipinski definition) is 2.